The third-order valence-corrected chi connectivity index (χ3v) is 5.86. The lowest BCUT2D eigenvalue weighted by molar-refractivity contribution is -0.274. The number of imide groups is 1. The van der Waals surface area contributed by atoms with Crippen molar-refractivity contribution >= 4 is 29.2 Å². The molecule has 4 amide bonds. The maximum atomic E-state index is 13.0. The first kappa shape index (κ1) is 23.4. The summed E-state index contributed by atoms with van der Waals surface area (Å²) in [6, 6.07) is 11.1. The summed E-state index contributed by atoms with van der Waals surface area (Å²) in [6.45, 7) is 2.90. The molecule has 1 atom stereocenters. The fourth-order valence-corrected chi connectivity index (χ4v) is 4.10. The van der Waals surface area contributed by atoms with Crippen LogP contribution < -0.4 is 20.3 Å². The van der Waals surface area contributed by atoms with Crippen molar-refractivity contribution in [1.82, 2.24) is 10.2 Å². The highest BCUT2D eigenvalue weighted by Crippen LogP contribution is 2.31. The molecule has 0 spiro atoms. The van der Waals surface area contributed by atoms with Crippen LogP contribution in [0.4, 0.5) is 29.3 Å². The van der Waals surface area contributed by atoms with Gasteiger partial charge in [-0.05, 0) is 61.7 Å². The number of hydrogen-bond donors (Lipinski definition) is 2. The summed E-state index contributed by atoms with van der Waals surface area (Å²) in [5, 5.41) is 5.18. The first-order valence-corrected chi connectivity index (χ1v) is 10.7. The van der Waals surface area contributed by atoms with Crippen LogP contribution in [0.1, 0.15) is 25.3 Å². The molecule has 8 nitrogen and oxygen atoms in total. The van der Waals surface area contributed by atoms with Gasteiger partial charge in [0.15, 0.2) is 0 Å². The highest BCUT2D eigenvalue weighted by atomic mass is 19.4. The molecule has 180 valence electrons. The fraction of sp³-hybridized carbons (Fsp3) is 0.348. The second-order valence-electron chi connectivity index (χ2n) is 8.31. The van der Waals surface area contributed by atoms with E-state index in [1.807, 2.05) is 12.1 Å². The summed E-state index contributed by atoms with van der Waals surface area (Å²) < 4.78 is 40.9. The Morgan fingerprint density at radius 1 is 1.06 bits per heavy atom. The second kappa shape index (κ2) is 8.88. The number of rotatable bonds is 6. The average Bonchev–Trinajstić information content (AvgIpc) is 3.38. The lowest BCUT2D eigenvalue weighted by Crippen LogP contribution is -2.42. The van der Waals surface area contributed by atoms with Gasteiger partial charge in [0.1, 0.15) is 17.8 Å². The van der Waals surface area contributed by atoms with Crippen molar-refractivity contribution in [2.24, 2.45) is 0 Å². The van der Waals surface area contributed by atoms with Crippen molar-refractivity contribution in [3.05, 3.63) is 54.1 Å². The first-order chi connectivity index (χ1) is 16.0. The third kappa shape index (κ3) is 4.92. The molecule has 11 heteroatoms. The number of carbonyl (C=O) groups excluding carboxylic acids is 3. The number of ether oxygens (including phenoxy) is 1. The van der Waals surface area contributed by atoms with E-state index in [2.05, 4.69) is 20.3 Å². The molecule has 34 heavy (non-hydrogen) atoms. The lowest BCUT2D eigenvalue weighted by Gasteiger charge is -2.22. The Morgan fingerprint density at radius 2 is 1.68 bits per heavy atom. The van der Waals surface area contributed by atoms with Crippen molar-refractivity contribution in [2.45, 2.75) is 31.7 Å². The van der Waals surface area contributed by atoms with Crippen LogP contribution in [0.25, 0.3) is 0 Å². The first-order valence-electron chi connectivity index (χ1n) is 10.7. The summed E-state index contributed by atoms with van der Waals surface area (Å²) in [6.07, 6.45) is -2.55. The van der Waals surface area contributed by atoms with E-state index in [1.54, 1.807) is 12.1 Å². The average molecular weight is 476 g/mol. The van der Waals surface area contributed by atoms with Crippen molar-refractivity contribution in [3.63, 3.8) is 0 Å². The molecule has 2 aliphatic heterocycles. The predicted octanol–water partition coefficient (Wildman–Crippen LogP) is 3.59. The molecule has 0 saturated carbocycles. The van der Waals surface area contributed by atoms with E-state index < -0.39 is 42.0 Å². The Bertz CT molecular complexity index is 1080. The Kier molecular flexibility index (Phi) is 6.11. The molecule has 2 heterocycles. The van der Waals surface area contributed by atoms with Gasteiger partial charge >= 0.3 is 12.4 Å². The molecule has 0 aromatic heterocycles. The number of halogens is 3. The van der Waals surface area contributed by atoms with Gasteiger partial charge in [-0.3, -0.25) is 14.5 Å². The van der Waals surface area contributed by atoms with Crippen LogP contribution in [0, 0.1) is 0 Å². The quantitative estimate of drug-likeness (QED) is 0.622. The molecule has 4 rings (SSSR count). The summed E-state index contributed by atoms with van der Waals surface area (Å²) in [7, 11) is 0. The Morgan fingerprint density at radius 3 is 2.26 bits per heavy atom. The number of anilines is 2. The Balaban J connectivity index is 1.39. The third-order valence-electron chi connectivity index (χ3n) is 5.86. The van der Waals surface area contributed by atoms with E-state index in [0.29, 0.717) is 5.69 Å². The number of benzene rings is 2. The molecule has 2 fully saturated rings. The van der Waals surface area contributed by atoms with Gasteiger partial charge in [-0.15, -0.1) is 13.2 Å². The molecule has 2 aromatic carbocycles. The number of amides is 4. The summed E-state index contributed by atoms with van der Waals surface area (Å²) in [5.74, 6) is -1.71. The molecule has 2 N–H and O–H groups in total. The lowest BCUT2D eigenvalue weighted by atomic mass is 9.92. The molecule has 0 bridgehead atoms. The van der Waals surface area contributed by atoms with Crippen molar-refractivity contribution in [3.8, 4) is 5.75 Å². The van der Waals surface area contributed by atoms with Crippen molar-refractivity contribution < 1.29 is 32.3 Å². The SMILES string of the molecule is CC1(c2ccc(OC(F)(F)F)cc2)NC(=O)N(CC(=O)Nc2ccc(N3CCCC3)cc2)C1=O. The summed E-state index contributed by atoms with van der Waals surface area (Å²) in [4.78, 5) is 41.0. The zero-order valence-electron chi connectivity index (χ0n) is 18.3. The minimum atomic E-state index is -4.85. The standard InChI is InChI=1S/C23H23F3N4O4/c1-22(15-4-10-18(11-5-15)34-23(24,25)26)20(32)30(21(33)28-22)14-19(31)27-16-6-8-17(9-7-16)29-12-2-3-13-29/h4-11H,2-3,12-14H2,1H3,(H,27,31)(H,28,33). The van der Waals surface area contributed by atoms with Crippen LogP contribution in [-0.4, -0.2) is 48.7 Å². The van der Waals surface area contributed by atoms with E-state index in [0.717, 1.165) is 48.7 Å². The number of hydrogen-bond acceptors (Lipinski definition) is 5. The topological polar surface area (TPSA) is 91.0 Å². The summed E-state index contributed by atoms with van der Waals surface area (Å²) in [5.41, 5.74) is 0.307. The number of alkyl halides is 3. The van der Waals surface area contributed by atoms with Crippen LogP contribution in [-0.2, 0) is 15.1 Å². The molecule has 2 aliphatic rings. The van der Waals surface area contributed by atoms with Gasteiger partial charge in [0.2, 0.25) is 5.91 Å². The van der Waals surface area contributed by atoms with Gasteiger partial charge in [0.05, 0.1) is 0 Å². The summed E-state index contributed by atoms with van der Waals surface area (Å²) >= 11 is 0. The highest BCUT2D eigenvalue weighted by Gasteiger charge is 2.49. The zero-order valence-corrected chi connectivity index (χ0v) is 18.3. The molecular weight excluding hydrogens is 453 g/mol. The van der Waals surface area contributed by atoms with E-state index in [1.165, 1.54) is 19.1 Å². The van der Waals surface area contributed by atoms with E-state index in [-0.39, 0.29) is 5.56 Å². The van der Waals surface area contributed by atoms with Gasteiger partial charge in [-0.2, -0.15) is 0 Å². The normalized spacial score (nSPS) is 20.5. The molecule has 2 aromatic rings. The molecule has 1 unspecified atom stereocenters. The zero-order chi connectivity index (χ0) is 24.5. The number of urea groups is 1. The smallest absolute Gasteiger partial charge is 0.406 e. The van der Waals surface area contributed by atoms with Crippen LogP contribution in [0.3, 0.4) is 0 Å². The van der Waals surface area contributed by atoms with Gasteiger partial charge in [-0.25, -0.2) is 4.79 Å². The van der Waals surface area contributed by atoms with Gasteiger partial charge in [-0.1, -0.05) is 12.1 Å². The van der Waals surface area contributed by atoms with Crippen molar-refractivity contribution in [1.29, 1.82) is 0 Å². The van der Waals surface area contributed by atoms with Crippen LogP contribution in [0.5, 0.6) is 5.75 Å². The maximum absolute atomic E-state index is 13.0. The van der Waals surface area contributed by atoms with Gasteiger partial charge in [0, 0.05) is 24.5 Å². The van der Waals surface area contributed by atoms with Crippen LogP contribution >= 0.6 is 0 Å². The molecule has 0 radical (unpaired) electrons. The van der Waals surface area contributed by atoms with Crippen LogP contribution in [0.15, 0.2) is 48.5 Å². The monoisotopic (exact) mass is 476 g/mol. The second-order valence-corrected chi connectivity index (χ2v) is 8.31. The minimum absolute atomic E-state index is 0.251. The molecular formula is C23H23F3N4O4. The number of carbonyl (C=O) groups is 3. The maximum Gasteiger partial charge on any atom is 0.573 e. The Labute approximate surface area is 193 Å². The van der Waals surface area contributed by atoms with E-state index in [4.69, 9.17) is 0 Å². The number of nitrogens with one attached hydrogen (secondary N) is 2. The largest absolute Gasteiger partial charge is 0.573 e. The Hall–Kier alpha value is -3.76. The van der Waals surface area contributed by atoms with Crippen LogP contribution in [0.2, 0.25) is 0 Å². The van der Waals surface area contributed by atoms with Crippen molar-refractivity contribution in [2.75, 3.05) is 29.9 Å². The predicted molar refractivity (Wildman–Crippen MR) is 117 cm³/mol. The van der Waals surface area contributed by atoms with E-state index in [9.17, 15) is 27.6 Å². The fourth-order valence-electron chi connectivity index (χ4n) is 4.10. The van der Waals surface area contributed by atoms with E-state index >= 15 is 0 Å². The highest BCUT2D eigenvalue weighted by molar-refractivity contribution is 6.10. The molecule has 0 aliphatic carbocycles. The van der Waals surface area contributed by atoms with Gasteiger partial charge < -0.3 is 20.3 Å². The van der Waals surface area contributed by atoms with Gasteiger partial charge in [0.25, 0.3) is 5.91 Å². The minimum Gasteiger partial charge on any atom is -0.406 e. The number of nitrogens with zero attached hydrogens (tertiary/aromatic N) is 2. The molecule has 2 saturated heterocycles.